The van der Waals surface area contributed by atoms with Gasteiger partial charge in [-0.3, -0.25) is 9.69 Å². The second-order valence-corrected chi connectivity index (χ2v) is 8.15. The van der Waals surface area contributed by atoms with E-state index >= 15 is 0 Å². The molecule has 3 rings (SSSR count). The molecule has 11 heteroatoms. The Morgan fingerprint density at radius 1 is 1.31 bits per heavy atom. The first-order valence-corrected chi connectivity index (χ1v) is 9.68. The average Bonchev–Trinajstić information content (AvgIpc) is 2.64. The quantitative estimate of drug-likeness (QED) is 0.644. The Labute approximate surface area is 182 Å². The van der Waals surface area contributed by atoms with Gasteiger partial charge in [0.25, 0.3) is 0 Å². The van der Waals surface area contributed by atoms with Crippen LogP contribution < -0.4 is 20.3 Å². The van der Waals surface area contributed by atoms with Crippen LogP contribution in [0.1, 0.15) is 37.9 Å². The molecule has 1 aromatic heterocycles. The number of urea groups is 1. The van der Waals surface area contributed by atoms with Crippen molar-refractivity contribution in [3.8, 4) is 5.75 Å². The lowest BCUT2D eigenvalue weighted by Crippen LogP contribution is -2.51. The zero-order chi connectivity index (χ0) is 23.8. The summed E-state index contributed by atoms with van der Waals surface area (Å²) in [5.74, 6) is -1.99. The fourth-order valence-electron chi connectivity index (χ4n) is 3.29. The molecule has 1 aliphatic heterocycles. The summed E-state index contributed by atoms with van der Waals surface area (Å²) >= 11 is 0. The van der Waals surface area contributed by atoms with Crippen LogP contribution in [0, 0.1) is 12.7 Å². The summed E-state index contributed by atoms with van der Waals surface area (Å²) < 4.78 is 44.8. The van der Waals surface area contributed by atoms with E-state index in [1.807, 2.05) is 0 Å². The third kappa shape index (κ3) is 5.28. The van der Waals surface area contributed by atoms with E-state index < -0.39 is 41.3 Å². The number of aliphatic hydroxyl groups is 1. The van der Waals surface area contributed by atoms with Crippen LogP contribution in [0.5, 0.6) is 5.75 Å². The first-order valence-electron chi connectivity index (χ1n) is 9.68. The summed E-state index contributed by atoms with van der Waals surface area (Å²) in [6.45, 7) is 4.71. The van der Waals surface area contributed by atoms with Crippen LogP contribution in [-0.2, 0) is 4.79 Å². The summed E-state index contributed by atoms with van der Waals surface area (Å²) in [5, 5.41) is 15.8. The molecule has 0 spiro atoms. The van der Waals surface area contributed by atoms with E-state index in [0.29, 0.717) is 12.6 Å². The number of amides is 3. The number of rotatable bonds is 5. The highest BCUT2D eigenvalue weighted by molar-refractivity contribution is 6.08. The number of halogens is 3. The third-order valence-electron chi connectivity index (χ3n) is 4.63. The van der Waals surface area contributed by atoms with E-state index in [2.05, 4.69) is 20.4 Å². The maximum absolute atomic E-state index is 14.4. The van der Waals surface area contributed by atoms with Gasteiger partial charge in [0.1, 0.15) is 6.54 Å². The number of ether oxygens (including phenoxy) is 1. The Balaban J connectivity index is 1.90. The topological polar surface area (TPSA) is 104 Å². The second-order valence-electron chi connectivity index (χ2n) is 8.15. The molecule has 0 saturated carbocycles. The summed E-state index contributed by atoms with van der Waals surface area (Å²) in [5.41, 5.74) is -0.352. The van der Waals surface area contributed by atoms with Crippen LogP contribution in [-0.4, -0.2) is 40.3 Å². The number of alkyl halides is 2. The maximum Gasteiger partial charge on any atom is 0.395 e. The van der Waals surface area contributed by atoms with Gasteiger partial charge >= 0.3 is 12.1 Å². The van der Waals surface area contributed by atoms with Crippen molar-refractivity contribution in [2.75, 3.05) is 16.8 Å². The average molecular weight is 452 g/mol. The molecule has 2 heterocycles. The van der Waals surface area contributed by atoms with Gasteiger partial charge in [0.05, 0.1) is 17.3 Å². The van der Waals surface area contributed by atoms with E-state index in [-0.39, 0.29) is 17.9 Å². The molecule has 0 radical (unpaired) electrons. The number of pyridine rings is 1. The van der Waals surface area contributed by atoms with E-state index in [1.54, 1.807) is 13.0 Å². The summed E-state index contributed by atoms with van der Waals surface area (Å²) in [7, 11) is 0. The molecule has 3 N–H and O–H groups in total. The van der Waals surface area contributed by atoms with Gasteiger partial charge in [0.2, 0.25) is 5.91 Å². The van der Waals surface area contributed by atoms with Crippen LogP contribution in [0.2, 0.25) is 0 Å². The summed E-state index contributed by atoms with van der Waals surface area (Å²) in [6, 6.07) is 2.88. The molecule has 0 fully saturated rings. The smallest absolute Gasteiger partial charge is 0.395 e. The van der Waals surface area contributed by atoms with Gasteiger partial charge in [-0.2, -0.15) is 8.78 Å². The van der Waals surface area contributed by atoms with Crippen molar-refractivity contribution in [3.63, 3.8) is 0 Å². The van der Waals surface area contributed by atoms with Gasteiger partial charge in [0.15, 0.2) is 17.4 Å². The number of hydrogen-bond donors (Lipinski definition) is 3. The fraction of sp³-hybridized carbons (Fsp3) is 0.381. The Bertz CT molecular complexity index is 1050. The first kappa shape index (κ1) is 23.3. The normalized spacial score (nSPS) is 15.0. The van der Waals surface area contributed by atoms with Gasteiger partial charge in [-0.25, -0.2) is 14.2 Å². The van der Waals surface area contributed by atoms with E-state index in [9.17, 15) is 27.9 Å². The van der Waals surface area contributed by atoms with E-state index in [0.717, 1.165) is 22.6 Å². The molecule has 0 saturated heterocycles. The SMILES string of the molecule is Cc1cnc2c(c1)NC(=O)CN2C(=O)NC(c1ccc(OC(C)(F)F)c(F)c1)C(C)(C)O. The number of anilines is 2. The molecule has 1 atom stereocenters. The zero-order valence-electron chi connectivity index (χ0n) is 17.9. The molecule has 0 aliphatic carbocycles. The third-order valence-corrected chi connectivity index (χ3v) is 4.63. The van der Waals surface area contributed by atoms with Crippen molar-refractivity contribution in [1.82, 2.24) is 10.3 Å². The fourth-order valence-corrected chi connectivity index (χ4v) is 3.29. The number of benzene rings is 1. The van der Waals surface area contributed by atoms with Gasteiger partial charge in [-0.1, -0.05) is 6.07 Å². The first-order chi connectivity index (χ1) is 14.7. The van der Waals surface area contributed by atoms with E-state index in [4.69, 9.17) is 0 Å². The van der Waals surface area contributed by atoms with Crippen molar-refractivity contribution < 1.29 is 32.6 Å². The number of fused-ring (bicyclic) bond motifs is 1. The largest absolute Gasteiger partial charge is 0.430 e. The molecule has 0 bridgehead atoms. The van der Waals surface area contributed by atoms with Gasteiger partial charge in [-0.15, -0.1) is 0 Å². The lowest BCUT2D eigenvalue weighted by atomic mass is 9.91. The number of carbonyl (C=O) groups excluding carboxylic acids is 2. The Hall–Kier alpha value is -3.34. The lowest BCUT2D eigenvalue weighted by Gasteiger charge is -2.34. The summed E-state index contributed by atoms with van der Waals surface area (Å²) in [4.78, 5) is 30.4. The predicted octanol–water partition coefficient (Wildman–Crippen LogP) is 3.50. The van der Waals surface area contributed by atoms with Gasteiger partial charge in [0, 0.05) is 13.1 Å². The van der Waals surface area contributed by atoms with Crippen LogP contribution in [0.3, 0.4) is 0 Å². The number of aryl methyl sites for hydroxylation is 1. The molecular weight excluding hydrogens is 429 g/mol. The summed E-state index contributed by atoms with van der Waals surface area (Å²) in [6.07, 6.45) is -2.05. The Morgan fingerprint density at radius 2 is 2.00 bits per heavy atom. The minimum absolute atomic E-state index is 0.105. The van der Waals surface area contributed by atoms with Gasteiger partial charge < -0.3 is 20.5 Å². The van der Waals surface area contributed by atoms with Crippen LogP contribution in [0.4, 0.5) is 29.5 Å². The molecular formula is C21H23F3N4O4. The highest BCUT2D eigenvalue weighted by atomic mass is 19.3. The van der Waals surface area contributed by atoms with Crippen molar-refractivity contribution in [1.29, 1.82) is 0 Å². The standard InChI is InChI=1S/C21H23F3N4O4/c1-11-7-14-18(25-9-11)28(10-16(29)26-14)19(30)27-17(20(2,3)31)12-5-6-15(13(22)8-12)32-21(4,23)24/h5-9,17,31H,10H2,1-4H3,(H,26,29)(H,27,30). The van der Waals surface area contributed by atoms with Crippen LogP contribution in [0.15, 0.2) is 30.5 Å². The number of aromatic nitrogens is 1. The molecule has 8 nitrogen and oxygen atoms in total. The highest BCUT2D eigenvalue weighted by Crippen LogP contribution is 2.32. The minimum atomic E-state index is -3.58. The number of nitrogens with one attached hydrogen (secondary N) is 2. The van der Waals surface area contributed by atoms with Crippen molar-refractivity contribution in [2.45, 2.75) is 45.4 Å². The second kappa shape index (κ2) is 8.30. The molecule has 1 aromatic carbocycles. The Kier molecular flexibility index (Phi) is 6.05. The zero-order valence-corrected chi connectivity index (χ0v) is 17.9. The number of carbonyl (C=O) groups is 2. The van der Waals surface area contributed by atoms with Crippen molar-refractivity contribution in [3.05, 3.63) is 47.4 Å². The maximum atomic E-state index is 14.4. The number of hydrogen-bond acceptors (Lipinski definition) is 5. The van der Waals surface area contributed by atoms with Gasteiger partial charge in [-0.05, 0) is 50.1 Å². The van der Waals surface area contributed by atoms with Crippen LogP contribution in [0.25, 0.3) is 0 Å². The molecule has 32 heavy (non-hydrogen) atoms. The van der Waals surface area contributed by atoms with E-state index in [1.165, 1.54) is 26.1 Å². The van der Waals surface area contributed by atoms with Crippen molar-refractivity contribution in [2.24, 2.45) is 0 Å². The molecule has 2 aromatic rings. The Morgan fingerprint density at radius 3 is 2.59 bits per heavy atom. The predicted molar refractivity (Wildman–Crippen MR) is 110 cm³/mol. The van der Waals surface area contributed by atoms with Crippen LogP contribution >= 0.6 is 0 Å². The molecule has 1 aliphatic rings. The monoisotopic (exact) mass is 452 g/mol. The number of nitrogens with zero attached hydrogens (tertiary/aromatic N) is 2. The lowest BCUT2D eigenvalue weighted by molar-refractivity contribution is -0.160. The highest BCUT2D eigenvalue weighted by Gasteiger charge is 2.35. The molecule has 172 valence electrons. The van der Waals surface area contributed by atoms with Crippen molar-refractivity contribution >= 4 is 23.4 Å². The molecule has 3 amide bonds. The minimum Gasteiger partial charge on any atom is -0.430 e. The molecule has 1 unspecified atom stereocenters.